The number of benzene rings is 1. The molecule has 21 heavy (non-hydrogen) atoms. The van der Waals surface area contributed by atoms with Crippen LogP contribution in [0.4, 0.5) is 5.82 Å². The van der Waals surface area contributed by atoms with Crippen LogP contribution in [0.1, 0.15) is 29.3 Å². The Morgan fingerprint density at radius 3 is 2.57 bits per heavy atom. The number of aromatic nitrogens is 1. The van der Waals surface area contributed by atoms with Gasteiger partial charge in [0, 0.05) is 19.3 Å². The molecule has 4 heteroatoms. The van der Waals surface area contributed by atoms with Crippen molar-refractivity contribution in [3.63, 3.8) is 0 Å². The minimum atomic E-state index is -0.0829. The third kappa shape index (κ3) is 4.91. The molecule has 0 saturated heterocycles. The number of hydrogen-bond acceptors (Lipinski definition) is 3. The maximum Gasteiger partial charge on any atom is 0.252 e. The summed E-state index contributed by atoms with van der Waals surface area (Å²) in [4.78, 5) is 16.2. The number of nitrogens with zero attached hydrogens (tertiary/aromatic N) is 1. The molecule has 0 atom stereocenters. The van der Waals surface area contributed by atoms with Gasteiger partial charge in [-0.1, -0.05) is 37.3 Å². The van der Waals surface area contributed by atoms with E-state index in [1.54, 1.807) is 12.3 Å². The lowest BCUT2D eigenvalue weighted by Crippen LogP contribution is -2.25. The Morgan fingerprint density at radius 2 is 1.90 bits per heavy atom. The first-order chi connectivity index (χ1) is 10.3. The van der Waals surface area contributed by atoms with Gasteiger partial charge in [-0.25, -0.2) is 4.98 Å². The summed E-state index contributed by atoms with van der Waals surface area (Å²) in [7, 11) is 0. The van der Waals surface area contributed by atoms with Crippen LogP contribution in [0.5, 0.6) is 0 Å². The Morgan fingerprint density at radius 1 is 1.10 bits per heavy atom. The molecular formula is C17H21N3O. The number of rotatable bonds is 7. The minimum Gasteiger partial charge on any atom is -0.370 e. The van der Waals surface area contributed by atoms with E-state index >= 15 is 0 Å². The lowest BCUT2D eigenvalue weighted by atomic mass is 10.1. The molecule has 0 unspecified atom stereocenters. The van der Waals surface area contributed by atoms with Crippen LogP contribution >= 0.6 is 0 Å². The number of nitrogens with one attached hydrogen (secondary N) is 2. The van der Waals surface area contributed by atoms with Crippen molar-refractivity contribution in [2.24, 2.45) is 0 Å². The van der Waals surface area contributed by atoms with E-state index in [0.29, 0.717) is 12.1 Å². The Labute approximate surface area is 125 Å². The van der Waals surface area contributed by atoms with Gasteiger partial charge in [-0.3, -0.25) is 4.79 Å². The van der Waals surface area contributed by atoms with E-state index in [9.17, 15) is 4.79 Å². The molecule has 0 spiro atoms. The van der Waals surface area contributed by atoms with E-state index in [-0.39, 0.29) is 5.91 Å². The van der Waals surface area contributed by atoms with Crippen LogP contribution in [0.3, 0.4) is 0 Å². The van der Waals surface area contributed by atoms with Crippen LogP contribution < -0.4 is 10.6 Å². The Bertz CT molecular complexity index is 552. The standard InChI is InChI=1S/C17H21N3O/c1-2-11-18-16-9-8-15(13-20-16)17(21)19-12-10-14-6-4-3-5-7-14/h3-9,13H,2,10-12H2,1H3,(H,18,20)(H,19,21). The Kier molecular flexibility index (Phi) is 5.76. The van der Waals surface area contributed by atoms with Gasteiger partial charge in [-0.2, -0.15) is 0 Å². The number of amides is 1. The van der Waals surface area contributed by atoms with Gasteiger partial charge in [0.25, 0.3) is 5.91 Å². The molecule has 1 aromatic heterocycles. The van der Waals surface area contributed by atoms with Crippen molar-refractivity contribution in [1.29, 1.82) is 0 Å². The molecule has 0 aliphatic heterocycles. The Balaban J connectivity index is 1.80. The summed E-state index contributed by atoms with van der Waals surface area (Å²) in [6, 6.07) is 13.7. The van der Waals surface area contributed by atoms with Gasteiger partial charge >= 0.3 is 0 Å². The molecule has 2 rings (SSSR count). The predicted molar refractivity (Wildman–Crippen MR) is 85.5 cm³/mol. The molecule has 1 amide bonds. The van der Waals surface area contributed by atoms with Crippen molar-refractivity contribution in [2.45, 2.75) is 19.8 Å². The van der Waals surface area contributed by atoms with Crippen LogP contribution in [-0.2, 0) is 6.42 Å². The first-order valence-electron chi connectivity index (χ1n) is 7.31. The van der Waals surface area contributed by atoms with Gasteiger partial charge in [0.2, 0.25) is 0 Å². The topological polar surface area (TPSA) is 54.0 Å². The summed E-state index contributed by atoms with van der Waals surface area (Å²) in [5, 5.41) is 6.09. The summed E-state index contributed by atoms with van der Waals surface area (Å²) in [6.07, 6.45) is 3.48. The average molecular weight is 283 g/mol. The second-order valence-electron chi connectivity index (χ2n) is 4.85. The van der Waals surface area contributed by atoms with Crippen molar-refractivity contribution in [1.82, 2.24) is 10.3 Å². The van der Waals surface area contributed by atoms with Crippen LogP contribution in [0.15, 0.2) is 48.7 Å². The van der Waals surface area contributed by atoms with E-state index in [1.165, 1.54) is 5.56 Å². The lowest BCUT2D eigenvalue weighted by molar-refractivity contribution is 0.0954. The van der Waals surface area contributed by atoms with Crippen LogP contribution in [0.25, 0.3) is 0 Å². The molecule has 4 nitrogen and oxygen atoms in total. The Hall–Kier alpha value is -2.36. The molecule has 2 aromatic rings. The van der Waals surface area contributed by atoms with E-state index < -0.39 is 0 Å². The monoisotopic (exact) mass is 283 g/mol. The maximum atomic E-state index is 12.0. The number of carbonyl (C=O) groups excluding carboxylic acids is 1. The third-order valence-corrected chi connectivity index (χ3v) is 3.12. The fourth-order valence-electron chi connectivity index (χ4n) is 1.95. The molecule has 1 heterocycles. The smallest absolute Gasteiger partial charge is 0.252 e. The molecule has 0 fully saturated rings. The van der Waals surface area contributed by atoms with Crippen molar-refractivity contribution in [2.75, 3.05) is 18.4 Å². The highest BCUT2D eigenvalue weighted by Crippen LogP contribution is 2.05. The van der Waals surface area contributed by atoms with Crippen LogP contribution in [0.2, 0.25) is 0 Å². The molecule has 2 N–H and O–H groups in total. The van der Waals surface area contributed by atoms with Gasteiger partial charge in [-0.05, 0) is 30.5 Å². The van der Waals surface area contributed by atoms with Gasteiger partial charge in [0.15, 0.2) is 0 Å². The summed E-state index contributed by atoms with van der Waals surface area (Å²) < 4.78 is 0. The summed E-state index contributed by atoms with van der Waals surface area (Å²) in [5.74, 6) is 0.721. The summed E-state index contributed by atoms with van der Waals surface area (Å²) >= 11 is 0. The molecular weight excluding hydrogens is 262 g/mol. The van der Waals surface area contributed by atoms with Crippen molar-refractivity contribution >= 4 is 11.7 Å². The number of hydrogen-bond donors (Lipinski definition) is 2. The predicted octanol–water partition coefficient (Wildman–Crippen LogP) is 2.88. The second-order valence-corrected chi connectivity index (χ2v) is 4.85. The summed E-state index contributed by atoms with van der Waals surface area (Å²) in [6.45, 7) is 3.61. The first-order valence-corrected chi connectivity index (χ1v) is 7.31. The first kappa shape index (κ1) is 15.0. The van der Waals surface area contributed by atoms with Crippen molar-refractivity contribution in [3.8, 4) is 0 Å². The van der Waals surface area contributed by atoms with Gasteiger partial charge in [0.1, 0.15) is 5.82 Å². The molecule has 0 aliphatic rings. The highest BCUT2D eigenvalue weighted by Gasteiger charge is 2.05. The van der Waals surface area contributed by atoms with Gasteiger partial charge < -0.3 is 10.6 Å². The molecule has 0 bridgehead atoms. The normalized spacial score (nSPS) is 10.1. The molecule has 110 valence electrons. The highest BCUT2D eigenvalue weighted by atomic mass is 16.1. The largest absolute Gasteiger partial charge is 0.370 e. The van der Waals surface area contributed by atoms with Crippen molar-refractivity contribution < 1.29 is 4.79 Å². The molecule has 1 aromatic carbocycles. The number of pyridine rings is 1. The van der Waals surface area contributed by atoms with E-state index in [1.807, 2.05) is 24.3 Å². The van der Waals surface area contributed by atoms with E-state index in [4.69, 9.17) is 0 Å². The molecule has 0 radical (unpaired) electrons. The lowest BCUT2D eigenvalue weighted by Gasteiger charge is -2.07. The van der Waals surface area contributed by atoms with Gasteiger partial charge in [-0.15, -0.1) is 0 Å². The quantitative estimate of drug-likeness (QED) is 0.821. The number of carbonyl (C=O) groups is 1. The van der Waals surface area contributed by atoms with Gasteiger partial charge in [0.05, 0.1) is 5.56 Å². The van der Waals surface area contributed by atoms with E-state index in [2.05, 4.69) is 34.7 Å². The SMILES string of the molecule is CCCNc1ccc(C(=O)NCCc2ccccc2)cn1. The summed E-state index contributed by atoms with van der Waals surface area (Å²) in [5.41, 5.74) is 1.81. The average Bonchev–Trinajstić information content (AvgIpc) is 2.54. The maximum absolute atomic E-state index is 12.0. The zero-order valence-corrected chi connectivity index (χ0v) is 12.3. The molecule has 0 aliphatic carbocycles. The highest BCUT2D eigenvalue weighted by molar-refractivity contribution is 5.94. The van der Waals surface area contributed by atoms with Crippen LogP contribution in [-0.4, -0.2) is 24.0 Å². The van der Waals surface area contributed by atoms with Crippen molar-refractivity contribution in [3.05, 3.63) is 59.8 Å². The van der Waals surface area contributed by atoms with E-state index in [0.717, 1.165) is 25.2 Å². The zero-order chi connectivity index (χ0) is 14.9. The fourth-order valence-corrected chi connectivity index (χ4v) is 1.95. The third-order valence-electron chi connectivity index (χ3n) is 3.12. The molecule has 0 saturated carbocycles. The van der Waals surface area contributed by atoms with Crippen LogP contribution in [0, 0.1) is 0 Å². The fraction of sp³-hybridized carbons (Fsp3) is 0.294. The zero-order valence-electron chi connectivity index (χ0n) is 12.3. The minimum absolute atomic E-state index is 0.0829. The second kappa shape index (κ2) is 8.04. The number of anilines is 1.